The molecule has 1 rings (SSSR count). The van der Waals surface area contributed by atoms with E-state index in [0.717, 1.165) is 19.3 Å². The van der Waals surface area contributed by atoms with Crippen molar-refractivity contribution < 1.29 is 9.53 Å². The Morgan fingerprint density at radius 3 is 2.35 bits per heavy atom. The van der Waals surface area contributed by atoms with Gasteiger partial charge >= 0.3 is 5.97 Å². The first-order valence-corrected chi connectivity index (χ1v) is 6.83. The van der Waals surface area contributed by atoms with Crippen LogP contribution in [0.15, 0.2) is 0 Å². The minimum absolute atomic E-state index is 0.0886. The highest BCUT2D eigenvalue weighted by Crippen LogP contribution is 2.26. The lowest BCUT2D eigenvalue weighted by molar-refractivity contribution is -0.156. The normalized spacial score (nSPS) is 20.0. The Morgan fingerprint density at radius 1 is 1.29 bits per heavy atom. The number of carbonyl (C=O) groups is 1. The van der Waals surface area contributed by atoms with Gasteiger partial charge in [0.25, 0.3) is 0 Å². The van der Waals surface area contributed by atoms with Crippen molar-refractivity contribution in [2.24, 2.45) is 17.1 Å². The van der Waals surface area contributed by atoms with Crippen LogP contribution in [0.5, 0.6) is 0 Å². The van der Waals surface area contributed by atoms with Gasteiger partial charge < -0.3 is 10.5 Å². The van der Waals surface area contributed by atoms with Crippen LogP contribution in [0, 0.1) is 11.3 Å². The lowest BCUT2D eigenvalue weighted by Crippen LogP contribution is -2.32. The third kappa shape index (κ3) is 5.53. The Morgan fingerprint density at radius 2 is 1.88 bits per heavy atom. The summed E-state index contributed by atoms with van der Waals surface area (Å²) in [5.41, 5.74) is 5.81. The molecule has 0 bridgehead atoms. The molecule has 3 heteroatoms. The number of rotatable bonds is 4. The van der Waals surface area contributed by atoms with Gasteiger partial charge in [0.15, 0.2) is 0 Å². The molecule has 17 heavy (non-hydrogen) atoms. The van der Waals surface area contributed by atoms with Crippen LogP contribution >= 0.6 is 0 Å². The maximum atomic E-state index is 12.0. The van der Waals surface area contributed by atoms with Crippen molar-refractivity contribution in [1.82, 2.24) is 0 Å². The summed E-state index contributed by atoms with van der Waals surface area (Å²) in [6, 6.07) is 0. The number of hydrogen-bond acceptors (Lipinski definition) is 3. The van der Waals surface area contributed by atoms with Gasteiger partial charge in [0.05, 0.1) is 5.92 Å². The first-order chi connectivity index (χ1) is 7.92. The molecule has 0 spiro atoms. The van der Waals surface area contributed by atoms with E-state index in [9.17, 15) is 4.79 Å². The monoisotopic (exact) mass is 241 g/mol. The number of ether oxygens (including phenoxy) is 1. The second kappa shape index (κ2) is 6.39. The second-order valence-electron chi connectivity index (χ2n) is 6.39. The summed E-state index contributed by atoms with van der Waals surface area (Å²) in [5, 5.41) is 0. The van der Waals surface area contributed by atoms with Crippen LogP contribution in [-0.2, 0) is 9.53 Å². The smallest absolute Gasteiger partial charge is 0.310 e. The topological polar surface area (TPSA) is 52.3 Å². The maximum Gasteiger partial charge on any atom is 0.310 e. The van der Waals surface area contributed by atoms with Crippen molar-refractivity contribution in [3.8, 4) is 0 Å². The van der Waals surface area contributed by atoms with Gasteiger partial charge in [0.1, 0.15) is 6.10 Å². The molecule has 1 unspecified atom stereocenters. The van der Waals surface area contributed by atoms with E-state index in [2.05, 4.69) is 20.8 Å². The van der Waals surface area contributed by atoms with E-state index in [-0.39, 0.29) is 23.4 Å². The third-order valence-corrected chi connectivity index (χ3v) is 3.31. The summed E-state index contributed by atoms with van der Waals surface area (Å²) >= 11 is 0. The van der Waals surface area contributed by atoms with Gasteiger partial charge in [0, 0.05) is 6.54 Å². The van der Waals surface area contributed by atoms with E-state index in [1.807, 2.05) is 0 Å². The lowest BCUT2D eigenvalue weighted by Gasteiger charge is -2.27. The number of hydrogen-bond donors (Lipinski definition) is 1. The summed E-state index contributed by atoms with van der Waals surface area (Å²) in [5.74, 6) is -0.230. The molecule has 1 fully saturated rings. The van der Waals surface area contributed by atoms with Gasteiger partial charge in [-0.2, -0.15) is 0 Å². The van der Waals surface area contributed by atoms with Gasteiger partial charge in [-0.25, -0.2) is 0 Å². The minimum Gasteiger partial charge on any atom is -0.462 e. The minimum atomic E-state index is -0.142. The van der Waals surface area contributed by atoms with Crippen molar-refractivity contribution in [3.63, 3.8) is 0 Å². The largest absolute Gasteiger partial charge is 0.462 e. The zero-order chi connectivity index (χ0) is 12.9. The third-order valence-electron chi connectivity index (χ3n) is 3.31. The summed E-state index contributed by atoms with van der Waals surface area (Å²) < 4.78 is 5.57. The van der Waals surface area contributed by atoms with Crippen LogP contribution < -0.4 is 5.73 Å². The molecule has 1 aliphatic carbocycles. The molecule has 0 aromatic heterocycles. The highest BCUT2D eigenvalue weighted by Gasteiger charge is 2.27. The van der Waals surface area contributed by atoms with Crippen molar-refractivity contribution in [3.05, 3.63) is 0 Å². The number of nitrogens with two attached hydrogens (primary N) is 1. The number of carbonyl (C=O) groups excluding carboxylic acids is 1. The van der Waals surface area contributed by atoms with Crippen LogP contribution in [0.2, 0.25) is 0 Å². The maximum absolute atomic E-state index is 12.0. The van der Waals surface area contributed by atoms with E-state index in [0.29, 0.717) is 6.54 Å². The summed E-state index contributed by atoms with van der Waals surface area (Å²) in [6.07, 6.45) is 6.64. The molecular formula is C14H27NO2. The zero-order valence-corrected chi connectivity index (χ0v) is 11.5. The summed E-state index contributed by atoms with van der Waals surface area (Å²) in [7, 11) is 0. The molecular weight excluding hydrogens is 214 g/mol. The van der Waals surface area contributed by atoms with E-state index in [1.54, 1.807) is 0 Å². The van der Waals surface area contributed by atoms with Crippen molar-refractivity contribution >= 4 is 5.97 Å². The fourth-order valence-electron chi connectivity index (χ4n) is 2.45. The zero-order valence-electron chi connectivity index (χ0n) is 11.5. The Hall–Kier alpha value is -0.570. The lowest BCUT2D eigenvalue weighted by atomic mass is 9.84. The molecule has 1 saturated carbocycles. The average molecular weight is 241 g/mol. The van der Waals surface area contributed by atoms with Gasteiger partial charge in [0.2, 0.25) is 0 Å². The molecule has 1 aliphatic rings. The molecule has 0 radical (unpaired) electrons. The fourth-order valence-corrected chi connectivity index (χ4v) is 2.45. The van der Waals surface area contributed by atoms with Gasteiger partial charge in [-0.15, -0.1) is 0 Å². The molecule has 0 aromatic carbocycles. The second-order valence-corrected chi connectivity index (χ2v) is 6.39. The average Bonchev–Trinajstić information content (AvgIpc) is 2.26. The molecule has 1 atom stereocenters. The fraction of sp³-hybridized carbons (Fsp3) is 0.929. The molecule has 0 amide bonds. The van der Waals surface area contributed by atoms with Crippen LogP contribution in [-0.4, -0.2) is 18.6 Å². The predicted molar refractivity (Wildman–Crippen MR) is 69.6 cm³/mol. The molecule has 0 aromatic rings. The highest BCUT2D eigenvalue weighted by atomic mass is 16.5. The van der Waals surface area contributed by atoms with Crippen LogP contribution in [0.1, 0.15) is 59.3 Å². The van der Waals surface area contributed by atoms with Crippen molar-refractivity contribution in [2.75, 3.05) is 6.54 Å². The predicted octanol–water partition coefficient (Wildman–Crippen LogP) is 2.87. The Kier molecular flexibility index (Phi) is 5.44. The van der Waals surface area contributed by atoms with Gasteiger partial charge in [-0.3, -0.25) is 4.79 Å². The highest BCUT2D eigenvalue weighted by molar-refractivity contribution is 5.73. The van der Waals surface area contributed by atoms with Gasteiger partial charge in [-0.1, -0.05) is 27.2 Å². The van der Waals surface area contributed by atoms with Crippen LogP contribution in [0.3, 0.4) is 0 Å². The molecule has 0 saturated heterocycles. The SMILES string of the molecule is CC(C)(C)CC(CN)C(=O)OC1CCCCC1. The van der Waals surface area contributed by atoms with E-state index in [1.165, 1.54) is 19.3 Å². The van der Waals surface area contributed by atoms with Crippen LogP contribution in [0.25, 0.3) is 0 Å². The molecule has 0 aliphatic heterocycles. The van der Waals surface area contributed by atoms with Crippen molar-refractivity contribution in [2.45, 2.75) is 65.4 Å². The molecule has 2 N–H and O–H groups in total. The standard InChI is InChI=1S/C14H27NO2/c1-14(2,3)9-11(10-15)13(16)17-12-7-5-4-6-8-12/h11-12H,4-10,15H2,1-3H3. The van der Waals surface area contributed by atoms with E-state index in [4.69, 9.17) is 10.5 Å². The van der Waals surface area contributed by atoms with Crippen molar-refractivity contribution in [1.29, 1.82) is 0 Å². The first-order valence-electron chi connectivity index (χ1n) is 6.83. The Labute approximate surface area is 105 Å². The van der Waals surface area contributed by atoms with E-state index < -0.39 is 0 Å². The summed E-state index contributed by atoms with van der Waals surface area (Å²) in [6.45, 7) is 6.78. The van der Waals surface area contributed by atoms with Crippen LogP contribution in [0.4, 0.5) is 0 Å². The number of esters is 1. The molecule has 100 valence electrons. The first kappa shape index (κ1) is 14.5. The Balaban J connectivity index is 2.42. The summed E-state index contributed by atoms with van der Waals surface area (Å²) in [4.78, 5) is 12.0. The van der Waals surface area contributed by atoms with E-state index >= 15 is 0 Å². The molecule has 0 heterocycles. The molecule has 3 nitrogen and oxygen atoms in total. The Bertz CT molecular complexity index is 239. The van der Waals surface area contributed by atoms with Gasteiger partial charge in [-0.05, 0) is 37.5 Å². The quantitative estimate of drug-likeness (QED) is 0.770.